The molecular formula is C11H24O4S. The van der Waals surface area contributed by atoms with Gasteiger partial charge in [-0.05, 0) is 19.8 Å². The lowest BCUT2D eigenvalue weighted by Crippen LogP contribution is -2.30. The van der Waals surface area contributed by atoms with E-state index in [-0.39, 0.29) is 17.4 Å². The zero-order valence-electron chi connectivity index (χ0n) is 10.7. The molecule has 1 atom stereocenters. The van der Waals surface area contributed by atoms with Crippen LogP contribution in [0.5, 0.6) is 0 Å². The topological polar surface area (TPSA) is 52.6 Å². The minimum absolute atomic E-state index is 0.0426. The van der Waals surface area contributed by atoms with Gasteiger partial charge in [0.25, 0.3) is 0 Å². The van der Waals surface area contributed by atoms with E-state index in [2.05, 4.69) is 0 Å². The SMILES string of the molecule is CCOC(CS(=O)(=O)CC(C)CC)OCC. The van der Waals surface area contributed by atoms with Crippen LogP contribution in [0.15, 0.2) is 0 Å². The van der Waals surface area contributed by atoms with E-state index in [9.17, 15) is 8.42 Å². The van der Waals surface area contributed by atoms with Crippen molar-refractivity contribution in [1.29, 1.82) is 0 Å². The molecule has 0 saturated heterocycles. The number of ether oxygens (including phenoxy) is 2. The number of sulfone groups is 1. The summed E-state index contributed by atoms with van der Waals surface area (Å²) in [7, 11) is -3.09. The molecule has 1 unspecified atom stereocenters. The van der Waals surface area contributed by atoms with E-state index in [0.29, 0.717) is 13.2 Å². The minimum Gasteiger partial charge on any atom is -0.352 e. The van der Waals surface area contributed by atoms with Crippen molar-refractivity contribution in [3.63, 3.8) is 0 Å². The number of rotatable bonds is 9. The van der Waals surface area contributed by atoms with Crippen LogP contribution in [0.4, 0.5) is 0 Å². The summed E-state index contributed by atoms with van der Waals surface area (Å²) < 4.78 is 34.1. The standard InChI is InChI=1S/C11H24O4S/c1-5-10(4)8-16(12,13)9-11(14-6-2)15-7-3/h10-11H,5-9H2,1-4H3. The van der Waals surface area contributed by atoms with Crippen LogP contribution in [0, 0.1) is 5.92 Å². The molecule has 0 fully saturated rings. The Morgan fingerprint density at radius 3 is 1.88 bits per heavy atom. The molecule has 0 aromatic carbocycles. The molecular weight excluding hydrogens is 228 g/mol. The molecule has 0 N–H and O–H groups in total. The van der Waals surface area contributed by atoms with E-state index >= 15 is 0 Å². The van der Waals surface area contributed by atoms with Crippen molar-refractivity contribution in [1.82, 2.24) is 0 Å². The van der Waals surface area contributed by atoms with Crippen LogP contribution in [0.3, 0.4) is 0 Å². The average molecular weight is 252 g/mol. The van der Waals surface area contributed by atoms with Crippen LogP contribution >= 0.6 is 0 Å². The maximum atomic E-state index is 11.8. The quantitative estimate of drug-likeness (QED) is 0.588. The Morgan fingerprint density at radius 2 is 1.50 bits per heavy atom. The largest absolute Gasteiger partial charge is 0.352 e. The molecule has 0 aliphatic heterocycles. The number of hydrogen-bond donors (Lipinski definition) is 0. The van der Waals surface area contributed by atoms with Gasteiger partial charge in [0.2, 0.25) is 0 Å². The molecule has 0 aliphatic rings. The van der Waals surface area contributed by atoms with E-state index in [1.165, 1.54) is 0 Å². The third-order valence-electron chi connectivity index (χ3n) is 2.33. The second kappa shape index (κ2) is 8.03. The molecule has 0 rings (SSSR count). The van der Waals surface area contributed by atoms with Crippen molar-refractivity contribution in [2.75, 3.05) is 24.7 Å². The van der Waals surface area contributed by atoms with E-state index in [0.717, 1.165) is 6.42 Å². The summed E-state index contributed by atoms with van der Waals surface area (Å²) in [4.78, 5) is 0. The van der Waals surface area contributed by atoms with Crippen LogP contribution < -0.4 is 0 Å². The summed E-state index contributed by atoms with van der Waals surface area (Å²) in [5, 5.41) is 0. The Labute approximate surface area is 99.2 Å². The van der Waals surface area contributed by atoms with Gasteiger partial charge in [0.05, 0.1) is 5.75 Å². The summed E-state index contributed by atoms with van der Waals surface area (Å²) in [6, 6.07) is 0. The maximum Gasteiger partial charge on any atom is 0.171 e. The van der Waals surface area contributed by atoms with E-state index in [1.54, 1.807) is 0 Å². The van der Waals surface area contributed by atoms with Crippen LogP contribution in [-0.2, 0) is 19.3 Å². The highest BCUT2D eigenvalue weighted by atomic mass is 32.2. The molecule has 98 valence electrons. The van der Waals surface area contributed by atoms with Gasteiger partial charge in [-0.3, -0.25) is 0 Å². The smallest absolute Gasteiger partial charge is 0.171 e. The molecule has 0 aromatic rings. The fraction of sp³-hybridized carbons (Fsp3) is 1.00. The molecule has 0 spiro atoms. The zero-order valence-corrected chi connectivity index (χ0v) is 11.5. The molecule has 0 bridgehead atoms. The summed E-state index contributed by atoms with van der Waals surface area (Å²) in [5.74, 6) is 0.355. The molecule has 0 saturated carbocycles. The van der Waals surface area contributed by atoms with Crippen molar-refractivity contribution in [2.24, 2.45) is 5.92 Å². The van der Waals surface area contributed by atoms with Gasteiger partial charge in [0, 0.05) is 13.2 Å². The highest BCUT2D eigenvalue weighted by Crippen LogP contribution is 2.09. The summed E-state index contributed by atoms with van der Waals surface area (Å²) in [5.41, 5.74) is 0. The molecule has 0 heterocycles. The van der Waals surface area contributed by atoms with Crippen molar-refractivity contribution in [3.8, 4) is 0 Å². The van der Waals surface area contributed by atoms with Gasteiger partial charge in [-0.1, -0.05) is 20.3 Å². The maximum absolute atomic E-state index is 11.8. The van der Waals surface area contributed by atoms with Gasteiger partial charge in [0.15, 0.2) is 16.1 Å². The predicted molar refractivity (Wildman–Crippen MR) is 65.1 cm³/mol. The van der Waals surface area contributed by atoms with Gasteiger partial charge < -0.3 is 9.47 Å². The lowest BCUT2D eigenvalue weighted by molar-refractivity contribution is -0.120. The summed E-state index contributed by atoms with van der Waals surface area (Å²) in [6.45, 7) is 8.50. The molecule has 0 aromatic heterocycles. The van der Waals surface area contributed by atoms with E-state index in [1.807, 2.05) is 27.7 Å². The van der Waals surface area contributed by atoms with Crippen molar-refractivity contribution < 1.29 is 17.9 Å². The van der Waals surface area contributed by atoms with Crippen LogP contribution in [0.2, 0.25) is 0 Å². The fourth-order valence-corrected chi connectivity index (χ4v) is 3.19. The van der Waals surface area contributed by atoms with Gasteiger partial charge in [-0.25, -0.2) is 8.42 Å². The molecule has 16 heavy (non-hydrogen) atoms. The van der Waals surface area contributed by atoms with Gasteiger partial charge >= 0.3 is 0 Å². The highest BCUT2D eigenvalue weighted by Gasteiger charge is 2.21. The lowest BCUT2D eigenvalue weighted by Gasteiger charge is -2.18. The first-order valence-electron chi connectivity index (χ1n) is 5.88. The van der Waals surface area contributed by atoms with Crippen molar-refractivity contribution in [3.05, 3.63) is 0 Å². The second-order valence-electron chi connectivity index (χ2n) is 3.93. The second-order valence-corrected chi connectivity index (χ2v) is 6.08. The molecule has 5 heteroatoms. The van der Waals surface area contributed by atoms with Gasteiger partial charge in [-0.2, -0.15) is 0 Å². The van der Waals surface area contributed by atoms with Crippen LogP contribution in [-0.4, -0.2) is 39.4 Å². The average Bonchev–Trinajstić information content (AvgIpc) is 2.17. The third-order valence-corrected chi connectivity index (χ3v) is 4.19. The first-order valence-corrected chi connectivity index (χ1v) is 7.70. The monoisotopic (exact) mass is 252 g/mol. The molecule has 4 nitrogen and oxygen atoms in total. The summed E-state index contributed by atoms with van der Waals surface area (Å²) >= 11 is 0. The first kappa shape index (κ1) is 15.9. The third kappa shape index (κ3) is 7.19. The molecule has 0 aliphatic carbocycles. The van der Waals surface area contributed by atoms with E-state index in [4.69, 9.17) is 9.47 Å². The zero-order chi connectivity index (χ0) is 12.6. The van der Waals surface area contributed by atoms with Crippen LogP contribution in [0.1, 0.15) is 34.1 Å². The highest BCUT2D eigenvalue weighted by molar-refractivity contribution is 7.91. The first-order chi connectivity index (χ1) is 7.45. The summed E-state index contributed by atoms with van der Waals surface area (Å²) in [6.07, 6.45) is 0.247. The minimum atomic E-state index is -3.09. The Bertz CT molecular complexity index is 255. The Kier molecular flexibility index (Phi) is 7.97. The van der Waals surface area contributed by atoms with E-state index < -0.39 is 16.1 Å². The lowest BCUT2D eigenvalue weighted by atomic mass is 10.2. The normalized spacial score (nSPS) is 14.3. The van der Waals surface area contributed by atoms with Crippen molar-refractivity contribution >= 4 is 9.84 Å². The van der Waals surface area contributed by atoms with Gasteiger partial charge in [0.1, 0.15) is 5.75 Å². The fourth-order valence-electron chi connectivity index (χ4n) is 1.34. The van der Waals surface area contributed by atoms with Gasteiger partial charge in [-0.15, -0.1) is 0 Å². The predicted octanol–water partition coefficient (Wildman–Crippen LogP) is 1.85. The Morgan fingerprint density at radius 1 is 1.00 bits per heavy atom. The Hall–Kier alpha value is -0.130. The molecule has 0 amide bonds. The Balaban J connectivity index is 4.29. The molecule has 0 radical (unpaired) electrons. The number of hydrogen-bond acceptors (Lipinski definition) is 4. The van der Waals surface area contributed by atoms with Crippen LogP contribution in [0.25, 0.3) is 0 Å². The van der Waals surface area contributed by atoms with Crippen molar-refractivity contribution in [2.45, 2.75) is 40.4 Å².